The summed E-state index contributed by atoms with van der Waals surface area (Å²) in [6, 6.07) is 0.00112. The van der Waals surface area contributed by atoms with E-state index in [9.17, 15) is 9.90 Å². The Labute approximate surface area is 130 Å². The second-order valence-electron chi connectivity index (χ2n) is 7.30. The fraction of sp³-hybridized carbons (Fsp3) is 0.688. The van der Waals surface area contributed by atoms with E-state index in [4.69, 9.17) is 4.74 Å². The molecule has 1 amide bonds. The van der Waals surface area contributed by atoms with Gasteiger partial charge in [-0.3, -0.25) is 9.97 Å². The maximum atomic E-state index is 12.4. The van der Waals surface area contributed by atoms with Crippen molar-refractivity contribution in [3.63, 3.8) is 0 Å². The standard InChI is InChI=1S/C16H23N3O3/c1-15(2,3)22-14(20)19-11-4-5-12(19)9-16(21,8-11)13-10-17-6-7-18-13/h6-7,10-12,21H,4-5,8-9H2,1-3H3. The van der Waals surface area contributed by atoms with E-state index in [-0.39, 0.29) is 18.2 Å². The summed E-state index contributed by atoms with van der Waals surface area (Å²) >= 11 is 0. The zero-order valence-electron chi connectivity index (χ0n) is 13.3. The Hall–Kier alpha value is -1.69. The summed E-state index contributed by atoms with van der Waals surface area (Å²) < 4.78 is 5.51. The van der Waals surface area contributed by atoms with Crippen LogP contribution < -0.4 is 0 Å². The molecule has 2 unspecified atom stereocenters. The highest BCUT2D eigenvalue weighted by Crippen LogP contribution is 2.45. The molecule has 1 aromatic rings. The van der Waals surface area contributed by atoms with Crippen LogP contribution in [0.15, 0.2) is 18.6 Å². The molecule has 2 saturated heterocycles. The largest absolute Gasteiger partial charge is 0.444 e. The van der Waals surface area contributed by atoms with Gasteiger partial charge in [0.2, 0.25) is 0 Å². The third-order valence-corrected chi connectivity index (χ3v) is 4.41. The lowest BCUT2D eigenvalue weighted by Crippen LogP contribution is -2.53. The highest BCUT2D eigenvalue weighted by molar-refractivity contribution is 5.69. The number of fused-ring (bicyclic) bond motifs is 2. The second-order valence-corrected chi connectivity index (χ2v) is 7.30. The van der Waals surface area contributed by atoms with Crippen molar-refractivity contribution in [3.05, 3.63) is 24.3 Å². The molecule has 0 saturated carbocycles. The van der Waals surface area contributed by atoms with Crippen molar-refractivity contribution in [2.24, 2.45) is 0 Å². The second kappa shape index (κ2) is 5.19. The fourth-order valence-electron chi connectivity index (χ4n) is 3.59. The van der Waals surface area contributed by atoms with E-state index < -0.39 is 11.2 Å². The number of aromatic nitrogens is 2. The van der Waals surface area contributed by atoms with E-state index in [1.807, 2.05) is 25.7 Å². The van der Waals surface area contributed by atoms with E-state index in [0.717, 1.165) is 12.8 Å². The van der Waals surface area contributed by atoms with Crippen LogP contribution in [-0.2, 0) is 10.3 Å². The molecule has 1 N–H and O–H groups in total. The van der Waals surface area contributed by atoms with E-state index in [0.29, 0.717) is 18.5 Å². The van der Waals surface area contributed by atoms with E-state index in [1.54, 1.807) is 18.6 Å². The van der Waals surface area contributed by atoms with Crippen LogP contribution in [0.2, 0.25) is 0 Å². The Morgan fingerprint density at radius 1 is 1.32 bits per heavy atom. The lowest BCUT2D eigenvalue weighted by atomic mass is 9.84. The summed E-state index contributed by atoms with van der Waals surface area (Å²) in [4.78, 5) is 22.5. The van der Waals surface area contributed by atoms with Crippen LogP contribution in [0.4, 0.5) is 4.79 Å². The molecule has 6 nitrogen and oxygen atoms in total. The molecule has 3 heterocycles. The van der Waals surface area contributed by atoms with Crippen LogP contribution in [0.1, 0.15) is 52.1 Å². The number of aliphatic hydroxyl groups is 1. The summed E-state index contributed by atoms with van der Waals surface area (Å²) in [5, 5.41) is 11.0. The van der Waals surface area contributed by atoms with E-state index >= 15 is 0 Å². The summed E-state index contributed by atoms with van der Waals surface area (Å²) in [7, 11) is 0. The van der Waals surface area contributed by atoms with Crippen molar-refractivity contribution in [1.82, 2.24) is 14.9 Å². The number of amides is 1. The van der Waals surface area contributed by atoms with Gasteiger partial charge >= 0.3 is 6.09 Å². The lowest BCUT2D eigenvalue weighted by molar-refractivity contribution is -0.0649. The SMILES string of the molecule is CC(C)(C)OC(=O)N1C2CCC1CC(O)(c1cnccn1)C2. The topological polar surface area (TPSA) is 75.5 Å². The molecule has 22 heavy (non-hydrogen) atoms. The minimum Gasteiger partial charge on any atom is -0.444 e. The van der Waals surface area contributed by atoms with Gasteiger partial charge in [0.15, 0.2) is 0 Å². The molecular weight excluding hydrogens is 282 g/mol. The number of rotatable bonds is 1. The lowest BCUT2D eigenvalue weighted by Gasteiger charge is -2.43. The number of carbonyl (C=O) groups excluding carboxylic acids is 1. The molecule has 0 aliphatic carbocycles. The Morgan fingerprint density at radius 2 is 1.95 bits per heavy atom. The first-order chi connectivity index (χ1) is 10.3. The molecule has 0 aromatic carbocycles. The Morgan fingerprint density at radius 3 is 2.45 bits per heavy atom. The number of hydrogen-bond acceptors (Lipinski definition) is 5. The normalized spacial score (nSPS) is 31.2. The summed E-state index contributed by atoms with van der Waals surface area (Å²) in [6.07, 6.45) is 7.29. The Kier molecular flexibility index (Phi) is 3.59. The third kappa shape index (κ3) is 2.79. The molecule has 2 fully saturated rings. The van der Waals surface area contributed by atoms with Crippen molar-refractivity contribution < 1.29 is 14.6 Å². The van der Waals surface area contributed by atoms with Gasteiger partial charge in [-0.1, -0.05) is 0 Å². The van der Waals surface area contributed by atoms with Gasteiger partial charge in [0, 0.05) is 37.3 Å². The predicted octanol–water partition coefficient (Wildman–Crippen LogP) is 2.23. The van der Waals surface area contributed by atoms with E-state index in [1.165, 1.54) is 0 Å². The number of hydrogen-bond donors (Lipinski definition) is 1. The monoisotopic (exact) mass is 305 g/mol. The molecule has 2 bridgehead atoms. The first-order valence-electron chi connectivity index (χ1n) is 7.79. The van der Waals surface area contributed by atoms with Crippen molar-refractivity contribution in [2.45, 2.75) is 69.7 Å². The molecular formula is C16H23N3O3. The number of nitrogens with zero attached hydrogens (tertiary/aromatic N) is 3. The molecule has 1 aromatic heterocycles. The van der Waals surface area contributed by atoms with E-state index in [2.05, 4.69) is 9.97 Å². The number of piperidine rings is 1. The van der Waals surface area contributed by atoms with Crippen LogP contribution in [0.25, 0.3) is 0 Å². The summed E-state index contributed by atoms with van der Waals surface area (Å²) in [5.41, 5.74) is -0.913. The fourth-order valence-corrected chi connectivity index (χ4v) is 3.59. The van der Waals surface area contributed by atoms with Gasteiger partial charge in [0.05, 0.1) is 11.9 Å². The molecule has 0 spiro atoms. The van der Waals surface area contributed by atoms with Crippen molar-refractivity contribution >= 4 is 6.09 Å². The smallest absolute Gasteiger partial charge is 0.410 e. The minimum atomic E-state index is -1.00. The molecule has 2 aliphatic heterocycles. The Balaban J connectivity index is 1.78. The van der Waals surface area contributed by atoms with Crippen LogP contribution in [0.5, 0.6) is 0 Å². The van der Waals surface area contributed by atoms with Crippen LogP contribution in [0, 0.1) is 0 Å². The van der Waals surface area contributed by atoms with Crippen molar-refractivity contribution in [3.8, 4) is 0 Å². The van der Waals surface area contributed by atoms with Crippen LogP contribution in [-0.4, -0.2) is 43.8 Å². The zero-order chi connectivity index (χ0) is 16.0. The van der Waals surface area contributed by atoms with Crippen molar-refractivity contribution in [2.75, 3.05) is 0 Å². The maximum absolute atomic E-state index is 12.4. The van der Waals surface area contributed by atoms with Gasteiger partial charge in [-0.2, -0.15) is 0 Å². The minimum absolute atomic E-state index is 0.000561. The highest BCUT2D eigenvalue weighted by Gasteiger charge is 2.51. The molecule has 120 valence electrons. The van der Waals surface area contributed by atoms with Gasteiger partial charge in [-0.15, -0.1) is 0 Å². The van der Waals surface area contributed by atoms with Gasteiger partial charge in [0.25, 0.3) is 0 Å². The quantitative estimate of drug-likeness (QED) is 0.861. The zero-order valence-corrected chi connectivity index (χ0v) is 13.3. The third-order valence-electron chi connectivity index (χ3n) is 4.41. The molecule has 2 atom stereocenters. The Bertz CT molecular complexity index is 542. The average Bonchev–Trinajstić information content (AvgIpc) is 2.71. The van der Waals surface area contributed by atoms with Crippen LogP contribution in [0.3, 0.4) is 0 Å². The number of carbonyl (C=O) groups is 1. The highest BCUT2D eigenvalue weighted by atomic mass is 16.6. The first kappa shape index (κ1) is 15.2. The molecule has 3 rings (SSSR count). The molecule has 2 aliphatic rings. The van der Waals surface area contributed by atoms with Gasteiger partial charge in [-0.05, 0) is 33.6 Å². The summed E-state index contributed by atoms with van der Waals surface area (Å²) in [5.74, 6) is 0. The van der Waals surface area contributed by atoms with Crippen molar-refractivity contribution in [1.29, 1.82) is 0 Å². The van der Waals surface area contributed by atoms with Gasteiger partial charge in [0.1, 0.15) is 11.2 Å². The van der Waals surface area contributed by atoms with Crippen LogP contribution >= 0.6 is 0 Å². The summed E-state index contributed by atoms with van der Waals surface area (Å²) in [6.45, 7) is 5.60. The maximum Gasteiger partial charge on any atom is 0.410 e. The predicted molar refractivity (Wildman–Crippen MR) is 80.0 cm³/mol. The average molecular weight is 305 g/mol. The molecule has 0 radical (unpaired) electrons. The first-order valence-corrected chi connectivity index (χ1v) is 7.79. The van der Waals surface area contributed by atoms with Gasteiger partial charge in [-0.25, -0.2) is 4.79 Å². The number of ether oxygens (including phenoxy) is 1. The van der Waals surface area contributed by atoms with Gasteiger partial charge < -0.3 is 14.7 Å². The molecule has 6 heteroatoms.